The van der Waals surface area contributed by atoms with Crippen LogP contribution in [0.2, 0.25) is 0 Å². The van der Waals surface area contributed by atoms with Crippen molar-refractivity contribution in [3.05, 3.63) is 0 Å². The van der Waals surface area contributed by atoms with Crippen molar-refractivity contribution in [3.8, 4) is 0 Å². The van der Waals surface area contributed by atoms with Gasteiger partial charge >= 0.3 is 6.09 Å². The monoisotopic (exact) mass is 205 g/mol. The van der Waals surface area contributed by atoms with E-state index in [9.17, 15) is 9.00 Å². The third-order valence-corrected chi connectivity index (χ3v) is 3.90. The molecule has 1 aliphatic rings. The zero-order valence-electron chi connectivity index (χ0n) is 8.20. The summed E-state index contributed by atoms with van der Waals surface area (Å²) in [5.41, 5.74) is -0.555. The van der Waals surface area contributed by atoms with Gasteiger partial charge in [0.15, 0.2) is 0 Å². The number of carbonyl (C=O) groups is 1. The Kier molecular flexibility index (Phi) is 2.66. The Bertz CT molecular complexity index is 311. The minimum atomic E-state index is -2.21. The number of hydrogen-bond acceptors (Lipinski definition) is 3. The van der Waals surface area contributed by atoms with Crippen LogP contribution in [-0.2, 0) is 14.5 Å². The molecule has 0 aromatic carbocycles. The highest BCUT2D eigenvalue weighted by Crippen LogP contribution is 2.15. The zero-order valence-corrected chi connectivity index (χ0v) is 9.02. The highest BCUT2D eigenvalue weighted by atomic mass is 32.2. The number of amides is 1. The Morgan fingerprint density at radius 3 is 2.23 bits per heavy atom. The van der Waals surface area contributed by atoms with E-state index in [2.05, 4.69) is 4.36 Å². The van der Waals surface area contributed by atoms with E-state index in [4.69, 9.17) is 4.74 Å². The molecule has 0 aliphatic carbocycles. The second-order valence-corrected chi connectivity index (χ2v) is 6.65. The first-order valence-corrected chi connectivity index (χ1v) is 6.12. The Labute approximate surface area is 78.8 Å². The van der Waals surface area contributed by atoms with Crippen LogP contribution in [0.3, 0.4) is 0 Å². The lowest BCUT2D eigenvalue weighted by atomic mass is 10.2. The molecule has 0 spiro atoms. The van der Waals surface area contributed by atoms with Crippen molar-refractivity contribution in [2.45, 2.75) is 32.8 Å². The summed E-state index contributed by atoms with van der Waals surface area (Å²) in [5.74, 6) is 1.07. The molecule has 0 aromatic heterocycles. The van der Waals surface area contributed by atoms with Gasteiger partial charge in [0, 0.05) is 11.5 Å². The van der Waals surface area contributed by atoms with Crippen molar-refractivity contribution in [2.24, 2.45) is 4.36 Å². The zero-order chi connectivity index (χ0) is 10.1. The van der Waals surface area contributed by atoms with Gasteiger partial charge in [-0.05, 0) is 27.2 Å². The molecule has 0 atom stereocenters. The van der Waals surface area contributed by atoms with Gasteiger partial charge in [0.1, 0.15) is 5.60 Å². The van der Waals surface area contributed by atoms with Gasteiger partial charge in [-0.15, -0.1) is 4.36 Å². The van der Waals surface area contributed by atoms with E-state index in [1.807, 2.05) is 0 Å². The van der Waals surface area contributed by atoms with Gasteiger partial charge < -0.3 is 4.74 Å². The molecule has 1 aliphatic heterocycles. The van der Waals surface area contributed by atoms with Crippen molar-refractivity contribution in [3.63, 3.8) is 0 Å². The van der Waals surface area contributed by atoms with Crippen molar-refractivity contribution in [2.75, 3.05) is 11.5 Å². The van der Waals surface area contributed by atoms with Crippen molar-refractivity contribution in [1.29, 1.82) is 0 Å². The molecule has 0 bridgehead atoms. The quantitative estimate of drug-likeness (QED) is 0.606. The lowest BCUT2D eigenvalue weighted by molar-refractivity contribution is 0.0607. The van der Waals surface area contributed by atoms with E-state index in [0.717, 1.165) is 6.42 Å². The summed E-state index contributed by atoms with van der Waals surface area (Å²) >= 11 is 0. The van der Waals surface area contributed by atoms with Crippen LogP contribution < -0.4 is 0 Å². The molecule has 13 heavy (non-hydrogen) atoms. The summed E-state index contributed by atoms with van der Waals surface area (Å²) in [5, 5.41) is 0. The van der Waals surface area contributed by atoms with Crippen LogP contribution in [0.4, 0.5) is 4.79 Å². The van der Waals surface area contributed by atoms with Gasteiger partial charge in [-0.25, -0.2) is 9.00 Å². The van der Waals surface area contributed by atoms with Crippen LogP contribution in [-0.4, -0.2) is 27.4 Å². The third-order valence-electron chi connectivity index (χ3n) is 1.56. The first-order chi connectivity index (χ1) is 5.81. The maximum Gasteiger partial charge on any atom is 0.442 e. The Morgan fingerprint density at radius 2 is 1.92 bits per heavy atom. The molecule has 1 amide bonds. The third kappa shape index (κ3) is 3.34. The molecule has 4 nitrogen and oxygen atoms in total. The van der Waals surface area contributed by atoms with E-state index in [-0.39, 0.29) is 0 Å². The van der Waals surface area contributed by atoms with Gasteiger partial charge in [-0.1, -0.05) is 0 Å². The van der Waals surface area contributed by atoms with Crippen molar-refractivity contribution >= 4 is 15.8 Å². The van der Waals surface area contributed by atoms with Crippen LogP contribution in [0.1, 0.15) is 27.2 Å². The summed E-state index contributed by atoms with van der Waals surface area (Å²) in [7, 11) is -2.21. The minimum absolute atomic E-state index is 0.534. The Hall–Kier alpha value is -0.580. The highest BCUT2D eigenvalue weighted by molar-refractivity contribution is 7.95. The predicted molar refractivity (Wildman–Crippen MR) is 51.2 cm³/mol. The van der Waals surface area contributed by atoms with Gasteiger partial charge in [-0.2, -0.15) is 0 Å². The number of carbonyl (C=O) groups excluding carboxylic acids is 1. The standard InChI is InChI=1S/C8H15NO3S/c1-8(2,3)12-7(10)9-13(11)5-4-6-13/h4-6H2,1-3H3. The molecule has 76 valence electrons. The van der Waals surface area contributed by atoms with Gasteiger partial charge in [0.2, 0.25) is 0 Å². The van der Waals surface area contributed by atoms with E-state index < -0.39 is 21.4 Å². The first kappa shape index (κ1) is 10.5. The second kappa shape index (κ2) is 3.29. The average molecular weight is 205 g/mol. The molecular formula is C8H15NO3S. The first-order valence-electron chi connectivity index (χ1n) is 4.26. The van der Waals surface area contributed by atoms with Gasteiger partial charge in [-0.3, -0.25) is 0 Å². The van der Waals surface area contributed by atoms with E-state index in [1.54, 1.807) is 20.8 Å². The molecule has 5 heteroatoms. The van der Waals surface area contributed by atoms with Crippen LogP contribution in [0.25, 0.3) is 0 Å². The fourth-order valence-corrected chi connectivity index (χ4v) is 2.17. The van der Waals surface area contributed by atoms with Crippen LogP contribution in [0.5, 0.6) is 0 Å². The average Bonchev–Trinajstić information content (AvgIpc) is 1.79. The molecular weight excluding hydrogens is 190 g/mol. The molecule has 1 heterocycles. The highest BCUT2D eigenvalue weighted by Gasteiger charge is 2.23. The second-order valence-electron chi connectivity index (χ2n) is 4.11. The summed E-state index contributed by atoms with van der Waals surface area (Å²) in [6.07, 6.45) is 0.197. The lowest BCUT2D eigenvalue weighted by Gasteiger charge is -2.20. The largest absolute Gasteiger partial charge is 0.442 e. The fraction of sp³-hybridized carbons (Fsp3) is 0.875. The number of ether oxygens (including phenoxy) is 1. The number of nitrogens with zero attached hydrogens (tertiary/aromatic N) is 1. The molecule has 0 radical (unpaired) electrons. The number of rotatable bonds is 0. The Balaban J connectivity index is 2.61. The summed E-state index contributed by atoms with van der Waals surface area (Å²) in [6.45, 7) is 5.27. The maximum atomic E-state index is 11.5. The van der Waals surface area contributed by atoms with E-state index in [1.165, 1.54) is 0 Å². The fourth-order valence-electron chi connectivity index (χ4n) is 0.899. The molecule has 0 aromatic rings. The van der Waals surface area contributed by atoms with E-state index in [0.29, 0.717) is 11.5 Å². The number of hydrogen-bond donors (Lipinski definition) is 0. The molecule has 0 saturated carbocycles. The Morgan fingerprint density at radius 1 is 1.38 bits per heavy atom. The summed E-state index contributed by atoms with van der Waals surface area (Å²) in [6, 6.07) is 0. The minimum Gasteiger partial charge on any atom is -0.442 e. The molecule has 0 N–H and O–H groups in total. The molecule has 0 unspecified atom stereocenters. The summed E-state index contributed by atoms with van der Waals surface area (Å²) in [4.78, 5) is 11.1. The topological polar surface area (TPSA) is 55.7 Å². The normalized spacial score (nSPS) is 20.2. The summed E-state index contributed by atoms with van der Waals surface area (Å²) < 4.78 is 20.0. The van der Waals surface area contributed by atoms with Gasteiger partial charge in [0.25, 0.3) is 0 Å². The van der Waals surface area contributed by atoms with Crippen LogP contribution >= 0.6 is 0 Å². The van der Waals surface area contributed by atoms with Crippen molar-refractivity contribution < 1.29 is 13.7 Å². The van der Waals surface area contributed by atoms with Crippen LogP contribution in [0.15, 0.2) is 4.36 Å². The maximum absolute atomic E-state index is 11.5. The van der Waals surface area contributed by atoms with Crippen molar-refractivity contribution in [1.82, 2.24) is 0 Å². The lowest BCUT2D eigenvalue weighted by Crippen LogP contribution is -2.27. The van der Waals surface area contributed by atoms with E-state index >= 15 is 0 Å². The smallest absolute Gasteiger partial charge is 0.442 e. The predicted octanol–water partition coefficient (Wildman–Crippen LogP) is 1.79. The SMILES string of the molecule is CC(C)(C)OC(=O)N=S1(=O)CCC1. The molecule has 1 fully saturated rings. The van der Waals surface area contributed by atoms with Gasteiger partial charge in [0.05, 0.1) is 9.73 Å². The molecule has 1 rings (SSSR count). The van der Waals surface area contributed by atoms with Crippen LogP contribution in [0, 0.1) is 0 Å². The molecule has 1 saturated heterocycles.